The second-order valence-corrected chi connectivity index (χ2v) is 4.52. The third kappa shape index (κ3) is 6.45. The lowest BCUT2D eigenvalue weighted by Gasteiger charge is -2.05. The fourth-order valence-corrected chi connectivity index (χ4v) is 1.52. The number of carbonyl (C=O) groups excluding carboxylic acids is 1. The lowest BCUT2D eigenvalue weighted by Crippen LogP contribution is -2.17. The molecule has 0 fully saturated rings. The Kier molecular flexibility index (Phi) is 6.78. The van der Waals surface area contributed by atoms with Crippen LogP contribution in [0.5, 0.6) is 0 Å². The van der Waals surface area contributed by atoms with E-state index in [4.69, 9.17) is 22.0 Å². The van der Waals surface area contributed by atoms with E-state index in [1.807, 2.05) is 0 Å². The summed E-state index contributed by atoms with van der Waals surface area (Å²) in [5.74, 6) is -1.44. The van der Waals surface area contributed by atoms with Crippen LogP contribution in [0, 0.1) is 11.3 Å². The van der Waals surface area contributed by atoms with Gasteiger partial charge in [0, 0.05) is 29.9 Å². The van der Waals surface area contributed by atoms with Gasteiger partial charge in [0.15, 0.2) is 0 Å². The van der Waals surface area contributed by atoms with Crippen LogP contribution in [0.1, 0.15) is 12.8 Å². The first-order valence-corrected chi connectivity index (χ1v) is 6.53. The van der Waals surface area contributed by atoms with Gasteiger partial charge in [-0.15, -0.1) is 0 Å². The standard InChI is InChI=1S/C14H14ClN3O3/c15-11-3-5-12(6-4-11)18-14(21)10(8-16)9-17-7-1-2-13(19)20/h3-6,9,17H,1-2,7H2,(H,18,21)(H,19,20)/b10-9-. The summed E-state index contributed by atoms with van der Waals surface area (Å²) in [4.78, 5) is 22.2. The van der Waals surface area contributed by atoms with E-state index in [2.05, 4.69) is 10.6 Å². The predicted molar refractivity (Wildman–Crippen MR) is 78.7 cm³/mol. The number of hydrogen-bond acceptors (Lipinski definition) is 4. The minimum Gasteiger partial charge on any atom is -0.481 e. The molecule has 1 amide bonds. The molecule has 0 aliphatic carbocycles. The lowest BCUT2D eigenvalue weighted by atomic mass is 10.2. The van der Waals surface area contributed by atoms with Crippen molar-refractivity contribution in [2.24, 2.45) is 0 Å². The minimum atomic E-state index is -0.887. The van der Waals surface area contributed by atoms with E-state index in [1.165, 1.54) is 6.20 Å². The second kappa shape index (κ2) is 8.61. The normalized spacial score (nSPS) is 10.6. The van der Waals surface area contributed by atoms with Gasteiger partial charge in [-0.1, -0.05) is 11.6 Å². The highest BCUT2D eigenvalue weighted by molar-refractivity contribution is 6.30. The molecule has 0 heterocycles. The number of carboxylic acid groups (broad SMARTS) is 1. The summed E-state index contributed by atoms with van der Waals surface area (Å²) in [6.45, 7) is 0.367. The van der Waals surface area contributed by atoms with E-state index in [1.54, 1.807) is 30.3 Å². The summed E-state index contributed by atoms with van der Waals surface area (Å²) in [5.41, 5.74) is 0.428. The maximum absolute atomic E-state index is 11.8. The molecule has 1 aromatic carbocycles. The summed E-state index contributed by atoms with van der Waals surface area (Å²) < 4.78 is 0. The van der Waals surface area contributed by atoms with Gasteiger partial charge in [-0.05, 0) is 30.7 Å². The van der Waals surface area contributed by atoms with Crippen molar-refractivity contribution in [3.05, 3.63) is 41.1 Å². The van der Waals surface area contributed by atoms with Crippen molar-refractivity contribution in [3.8, 4) is 6.07 Å². The highest BCUT2D eigenvalue weighted by atomic mass is 35.5. The molecule has 0 bridgehead atoms. The van der Waals surface area contributed by atoms with Gasteiger partial charge in [0.25, 0.3) is 5.91 Å². The van der Waals surface area contributed by atoms with Crippen LogP contribution in [0.4, 0.5) is 5.69 Å². The molecule has 0 aromatic heterocycles. The zero-order valence-corrected chi connectivity index (χ0v) is 11.9. The number of rotatable bonds is 7. The molecule has 110 valence electrons. The number of nitrogens with zero attached hydrogens (tertiary/aromatic N) is 1. The third-order valence-corrected chi connectivity index (χ3v) is 2.68. The first-order chi connectivity index (χ1) is 10.0. The van der Waals surface area contributed by atoms with Crippen LogP contribution in [0.3, 0.4) is 0 Å². The fraction of sp³-hybridized carbons (Fsp3) is 0.214. The predicted octanol–water partition coefficient (Wildman–Crippen LogP) is 2.14. The van der Waals surface area contributed by atoms with Gasteiger partial charge in [0.2, 0.25) is 0 Å². The van der Waals surface area contributed by atoms with Crippen LogP contribution in [-0.4, -0.2) is 23.5 Å². The number of nitrogens with one attached hydrogen (secondary N) is 2. The molecule has 0 saturated heterocycles. The van der Waals surface area contributed by atoms with Crippen molar-refractivity contribution in [2.45, 2.75) is 12.8 Å². The van der Waals surface area contributed by atoms with Gasteiger partial charge in [-0.3, -0.25) is 9.59 Å². The Morgan fingerprint density at radius 1 is 1.33 bits per heavy atom. The quantitative estimate of drug-likeness (QED) is 0.407. The van der Waals surface area contributed by atoms with Gasteiger partial charge in [0.05, 0.1) is 0 Å². The highest BCUT2D eigenvalue weighted by Gasteiger charge is 2.08. The largest absolute Gasteiger partial charge is 0.481 e. The fourth-order valence-electron chi connectivity index (χ4n) is 1.40. The molecule has 7 heteroatoms. The first-order valence-electron chi connectivity index (χ1n) is 6.15. The van der Waals surface area contributed by atoms with E-state index in [0.717, 1.165) is 0 Å². The Hall–Kier alpha value is -2.52. The van der Waals surface area contributed by atoms with Gasteiger partial charge < -0.3 is 15.7 Å². The number of aliphatic carboxylic acids is 1. The monoisotopic (exact) mass is 307 g/mol. The molecular formula is C14H14ClN3O3. The Labute approximate surface area is 127 Å². The summed E-state index contributed by atoms with van der Waals surface area (Å²) in [6.07, 6.45) is 1.70. The summed E-state index contributed by atoms with van der Waals surface area (Å²) >= 11 is 5.73. The Balaban J connectivity index is 2.51. The molecule has 1 rings (SSSR count). The number of carbonyl (C=O) groups is 2. The number of nitriles is 1. The van der Waals surface area contributed by atoms with E-state index in [9.17, 15) is 9.59 Å². The number of benzene rings is 1. The van der Waals surface area contributed by atoms with E-state index in [-0.39, 0.29) is 12.0 Å². The maximum atomic E-state index is 11.8. The number of anilines is 1. The van der Waals surface area contributed by atoms with E-state index in [0.29, 0.717) is 23.7 Å². The molecule has 6 nitrogen and oxygen atoms in total. The second-order valence-electron chi connectivity index (χ2n) is 4.08. The minimum absolute atomic E-state index is 0.0275. The zero-order chi connectivity index (χ0) is 15.7. The molecule has 0 aliphatic heterocycles. The number of amides is 1. The van der Waals surface area contributed by atoms with Crippen LogP contribution in [0.15, 0.2) is 36.0 Å². The molecule has 0 saturated carbocycles. The topological polar surface area (TPSA) is 102 Å². The summed E-state index contributed by atoms with van der Waals surface area (Å²) in [6, 6.07) is 8.26. The third-order valence-electron chi connectivity index (χ3n) is 2.43. The van der Waals surface area contributed by atoms with Gasteiger partial charge in [-0.25, -0.2) is 0 Å². The number of carboxylic acids is 1. The molecule has 21 heavy (non-hydrogen) atoms. The molecule has 1 aromatic rings. The van der Waals surface area contributed by atoms with Crippen molar-refractivity contribution in [2.75, 3.05) is 11.9 Å². The highest BCUT2D eigenvalue weighted by Crippen LogP contribution is 2.13. The van der Waals surface area contributed by atoms with Crippen LogP contribution >= 0.6 is 11.6 Å². The molecule has 3 N–H and O–H groups in total. The van der Waals surface area contributed by atoms with Gasteiger partial charge in [-0.2, -0.15) is 5.26 Å². The molecule has 0 radical (unpaired) electrons. The van der Waals surface area contributed by atoms with Crippen molar-refractivity contribution in [1.82, 2.24) is 5.32 Å². The van der Waals surface area contributed by atoms with Gasteiger partial charge >= 0.3 is 5.97 Å². The number of hydrogen-bond donors (Lipinski definition) is 3. The zero-order valence-electron chi connectivity index (χ0n) is 11.1. The van der Waals surface area contributed by atoms with E-state index >= 15 is 0 Å². The average Bonchev–Trinajstić information content (AvgIpc) is 2.45. The average molecular weight is 308 g/mol. The van der Waals surface area contributed by atoms with Crippen molar-refractivity contribution in [1.29, 1.82) is 5.26 Å². The lowest BCUT2D eigenvalue weighted by molar-refractivity contribution is -0.137. The summed E-state index contributed by atoms with van der Waals surface area (Å²) in [5, 5.41) is 23.2. The molecule has 0 unspecified atom stereocenters. The molecule has 0 spiro atoms. The smallest absolute Gasteiger partial charge is 0.303 e. The maximum Gasteiger partial charge on any atom is 0.303 e. The first kappa shape index (κ1) is 16.5. The SMILES string of the molecule is N#C/C(=C/NCCCC(=O)O)C(=O)Nc1ccc(Cl)cc1. The van der Waals surface area contributed by atoms with Crippen LogP contribution in [-0.2, 0) is 9.59 Å². The molecule has 0 atom stereocenters. The van der Waals surface area contributed by atoms with Gasteiger partial charge in [0.1, 0.15) is 11.6 Å². The Morgan fingerprint density at radius 2 is 2.00 bits per heavy atom. The van der Waals surface area contributed by atoms with Crippen LogP contribution < -0.4 is 10.6 Å². The van der Waals surface area contributed by atoms with Crippen molar-refractivity contribution < 1.29 is 14.7 Å². The van der Waals surface area contributed by atoms with Crippen molar-refractivity contribution >= 4 is 29.2 Å². The Bertz CT molecular complexity index is 576. The Morgan fingerprint density at radius 3 is 2.57 bits per heavy atom. The van der Waals surface area contributed by atoms with Crippen LogP contribution in [0.2, 0.25) is 5.02 Å². The summed E-state index contributed by atoms with van der Waals surface area (Å²) in [7, 11) is 0. The van der Waals surface area contributed by atoms with Crippen LogP contribution in [0.25, 0.3) is 0 Å². The number of halogens is 1. The van der Waals surface area contributed by atoms with Crippen molar-refractivity contribution in [3.63, 3.8) is 0 Å². The molecular weight excluding hydrogens is 294 g/mol. The van der Waals surface area contributed by atoms with E-state index < -0.39 is 11.9 Å². The molecule has 0 aliphatic rings.